The van der Waals surface area contributed by atoms with Gasteiger partial charge in [0.25, 0.3) is 0 Å². The summed E-state index contributed by atoms with van der Waals surface area (Å²) in [6.07, 6.45) is 0.937. The molecule has 5 nitrogen and oxygen atoms in total. The average molecular weight is 218 g/mol. The molecule has 0 radical (unpaired) electrons. The van der Waals surface area contributed by atoms with E-state index >= 15 is 0 Å². The number of rotatable bonds is 3. The molecule has 84 valence electrons. The van der Waals surface area contributed by atoms with Crippen LogP contribution in [0.15, 0.2) is 18.2 Å². The van der Waals surface area contributed by atoms with Crippen LogP contribution in [0.1, 0.15) is 13.3 Å². The van der Waals surface area contributed by atoms with Crippen molar-refractivity contribution in [2.24, 2.45) is 0 Å². The number of nitrogens with two attached hydrogens (primary N) is 2. The van der Waals surface area contributed by atoms with E-state index in [-0.39, 0.29) is 5.95 Å². The lowest BCUT2D eigenvalue weighted by atomic mass is 10.2. The number of anilines is 2. The van der Waals surface area contributed by atoms with Gasteiger partial charge in [0.1, 0.15) is 11.6 Å². The van der Waals surface area contributed by atoms with Crippen molar-refractivity contribution in [1.82, 2.24) is 9.97 Å². The summed E-state index contributed by atoms with van der Waals surface area (Å²) in [5, 5.41) is 0.727. The average Bonchev–Trinajstić information content (AvgIpc) is 2.25. The molecule has 0 amide bonds. The summed E-state index contributed by atoms with van der Waals surface area (Å²) >= 11 is 0. The van der Waals surface area contributed by atoms with Gasteiger partial charge >= 0.3 is 0 Å². The maximum Gasteiger partial charge on any atom is 0.222 e. The second-order valence-corrected chi connectivity index (χ2v) is 3.47. The molecule has 0 atom stereocenters. The molecule has 0 fully saturated rings. The number of hydrogen-bond donors (Lipinski definition) is 2. The third-order valence-electron chi connectivity index (χ3n) is 2.19. The van der Waals surface area contributed by atoms with Crippen LogP contribution in [0.3, 0.4) is 0 Å². The smallest absolute Gasteiger partial charge is 0.222 e. The highest BCUT2D eigenvalue weighted by Crippen LogP contribution is 2.28. The van der Waals surface area contributed by atoms with Gasteiger partial charge < -0.3 is 16.2 Å². The van der Waals surface area contributed by atoms with Crippen LogP contribution in [0.25, 0.3) is 10.9 Å². The summed E-state index contributed by atoms with van der Waals surface area (Å²) < 4.78 is 5.59. The van der Waals surface area contributed by atoms with Crippen LogP contribution in [0, 0.1) is 0 Å². The number of aromatic nitrogens is 2. The van der Waals surface area contributed by atoms with Crippen molar-refractivity contribution < 1.29 is 4.74 Å². The fourth-order valence-corrected chi connectivity index (χ4v) is 1.53. The largest absolute Gasteiger partial charge is 0.493 e. The Morgan fingerprint density at radius 3 is 2.81 bits per heavy atom. The van der Waals surface area contributed by atoms with Gasteiger partial charge in [-0.2, -0.15) is 4.98 Å². The van der Waals surface area contributed by atoms with Crippen LogP contribution < -0.4 is 16.2 Å². The van der Waals surface area contributed by atoms with Gasteiger partial charge in [0.15, 0.2) is 0 Å². The molecule has 1 aromatic carbocycles. The molecular formula is C11H14N4O. The summed E-state index contributed by atoms with van der Waals surface area (Å²) in [6, 6.07) is 5.55. The molecule has 0 unspecified atom stereocenters. The quantitative estimate of drug-likeness (QED) is 0.816. The number of nitrogen functional groups attached to an aromatic ring is 2. The first-order valence-corrected chi connectivity index (χ1v) is 5.17. The number of hydrogen-bond acceptors (Lipinski definition) is 5. The number of ether oxygens (including phenoxy) is 1. The standard InChI is InChI=1S/C11H14N4O/c1-2-6-16-8-5-3-4-7-9(8)10(12)15-11(13)14-7/h3-5H,2,6H2,1H3,(H4,12,13,14,15). The highest BCUT2D eigenvalue weighted by molar-refractivity contribution is 5.94. The Morgan fingerprint density at radius 2 is 2.06 bits per heavy atom. The molecule has 0 aliphatic rings. The Balaban J connectivity index is 2.57. The van der Waals surface area contributed by atoms with Crippen LogP contribution in [0.2, 0.25) is 0 Å². The second-order valence-electron chi connectivity index (χ2n) is 3.47. The van der Waals surface area contributed by atoms with Crippen molar-refractivity contribution in [2.45, 2.75) is 13.3 Å². The molecule has 2 rings (SSSR count). The molecule has 0 aliphatic carbocycles. The van der Waals surface area contributed by atoms with Crippen molar-refractivity contribution in [3.63, 3.8) is 0 Å². The molecule has 0 spiro atoms. The van der Waals surface area contributed by atoms with Gasteiger partial charge in [0.05, 0.1) is 17.5 Å². The molecule has 1 aromatic heterocycles. The van der Waals surface area contributed by atoms with E-state index in [9.17, 15) is 0 Å². The van der Waals surface area contributed by atoms with Gasteiger partial charge in [-0.3, -0.25) is 0 Å². The maximum atomic E-state index is 5.82. The van der Waals surface area contributed by atoms with Crippen LogP contribution in [0.5, 0.6) is 5.75 Å². The minimum absolute atomic E-state index is 0.178. The zero-order chi connectivity index (χ0) is 11.5. The predicted octanol–water partition coefficient (Wildman–Crippen LogP) is 1.58. The van der Waals surface area contributed by atoms with Gasteiger partial charge in [0, 0.05) is 0 Å². The molecule has 16 heavy (non-hydrogen) atoms. The summed E-state index contributed by atoms with van der Waals surface area (Å²) in [6.45, 7) is 2.69. The fraction of sp³-hybridized carbons (Fsp3) is 0.273. The van der Waals surface area contributed by atoms with Crippen molar-refractivity contribution >= 4 is 22.7 Å². The van der Waals surface area contributed by atoms with Gasteiger partial charge in [-0.05, 0) is 18.6 Å². The van der Waals surface area contributed by atoms with E-state index in [1.807, 2.05) is 25.1 Å². The summed E-state index contributed by atoms with van der Waals surface area (Å²) in [5.41, 5.74) is 12.1. The highest BCUT2D eigenvalue weighted by Gasteiger charge is 2.08. The fourth-order valence-electron chi connectivity index (χ4n) is 1.53. The molecule has 2 aromatic rings. The van der Waals surface area contributed by atoms with Gasteiger partial charge in [-0.15, -0.1) is 0 Å². The summed E-state index contributed by atoms with van der Waals surface area (Å²) in [5.74, 6) is 1.24. The van der Waals surface area contributed by atoms with Gasteiger partial charge in [-0.25, -0.2) is 4.98 Å². The SMILES string of the molecule is CCCOc1cccc2nc(N)nc(N)c12. The van der Waals surface area contributed by atoms with Crippen LogP contribution in [-0.4, -0.2) is 16.6 Å². The van der Waals surface area contributed by atoms with Crippen LogP contribution in [-0.2, 0) is 0 Å². The van der Waals surface area contributed by atoms with Crippen molar-refractivity contribution in [2.75, 3.05) is 18.1 Å². The van der Waals surface area contributed by atoms with E-state index in [4.69, 9.17) is 16.2 Å². The molecule has 4 N–H and O–H groups in total. The maximum absolute atomic E-state index is 5.82. The number of benzene rings is 1. The van der Waals surface area contributed by atoms with Crippen LogP contribution >= 0.6 is 0 Å². The Hall–Kier alpha value is -2.04. The van der Waals surface area contributed by atoms with Crippen molar-refractivity contribution in [1.29, 1.82) is 0 Å². The van der Waals surface area contributed by atoms with E-state index in [0.717, 1.165) is 11.8 Å². The molecule has 1 heterocycles. The van der Waals surface area contributed by atoms with Crippen LogP contribution in [0.4, 0.5) is 11.8 Å². The lowest BCUT2D eigenvalue weighted by molar-refractivity contribution is 0.321. The molecule has 0 bridgehead atoms. The molecular weight excluding hydrogens is 204 g/mol. The molecule has 0 aliphatic heterocycles. The van der Waals surface area contributed by atoms with Gasteiger partial charge in [0.2, 0.25) is 5.95 Å². The zero-order valence-corrected chi connectivity index (χ0v) is 9.10. The molecule has 0 saturated heterocycles. The van der Waals surface area contributed by atoms with E-state index < -0.39 is 0 Å². The minimum atomic E-state index is 0.178. The lowest BCUT2D eigenvalue weighted by Gasteiger charge is -2.09. The van der Waals surface area contributed by atoms with Crippen molar-refractivity contribution in [3.8, 4) is 5.75 Å². The highest BCUT2D eigenvalue weighted by atomic mass is 16.5. The van der Waals surface area contributed by atoms with E-state index in [0.29, 0.717) is 23.7 Å². The van der Waals surface area contributed by atoms with E-state index in [1.165, 1.54) is 0 Å². The third kappa shape index (κ3) is 1.84. The Labute approximate surface area is 93.4 Å². The lowest BCUT2D eigenvalue weighted by Crippen LogP contribution is -2.03. The Bertz CT molecular complexity index is 513. The summed E-state index contributed by atoms with van der Waals surface area (Å²) in [7, 11) is 0. The normalized spacial score (nSPS) is 10.6. The second kappa shape index (κ2) is 4.22. The Kier molecular flexibility index (Phi) is 2.76. The topological polar surface area (TPSA) is 87.0 Å². The number of fused-ring (bicyclic) bond motifs is 1. The number of nitrogens with zero attached hydrogens (tertiary/aromatic N) is 2. The van der Waals surface area contributed by atoms with Gasteiger partial charge in [-0.1, -0.05) is 13.0 Å². The molecule has 0 saturated carbocycles. The van der Waals surface area contributed by atoms with Crippen molar-refractivity contribution in [3.05, 3.63) is 18.2 Å². The first kappa shape index (κ1) is 10.5. The first-order chi connectivity index (χ1) is 7.72. The summed E-state index contributed by atoms with van der Waals surface area (Å²) in [4.78, 5) is 8.05. The minimum Gasteiger partial charge on any atom is -0.493 e. The first-order valence-electron chi connectivity index (χ1n) is 5.17. The third-order valence-corrected chi connectivity index (χ3v) is 2.19. The monoisotopic (exact) mass is 218 g/mol. The van der Waals surface area contributed by atoms with E-state index in [2.05, 4.69) is 9.97 Å². The Morgan fingerprint density at radius 1 is 1.25 bits per heavy atom. The zero-order valence-electron chi connectivity index (χ0n) is 9.10. The molecule has 5 heteroatoms. The predicted molar refractivity (Wildman–Crippen MR) is 64.1 cm³/mol. The van der Waals surface area contributed by atoms with E-state index in [1.54, 1.807) is 0 Å².